The molecule has 0 aromatic heterocycles. The quantitative estimate of drug-likeness (QED) is 0.285. The molecular weight excluding hydrogens is 292 g/mol. The molecule has 0 aromatic rings. The third-order valence-corrected chi connectivity index (χ3v) is 5.23. The molecule has 0 saturated heterocycles. The van der Waals surface area contributed by atoms with Crippen LogP contribution in [0.5, 0.6) is 0 Å². The largest absolute Gasteiger partial charge is 0.481 e. The molecule has 0 aliphatic rings. The zero-order valence-corrected chi connectivity index (χ0v) is 15.6. The normalized spacial score (nSPS) is 11.0. The summed E-state index contributed by atoms with van der Waals surface area (Å²) in [4.78, 5) is 10.4. The van der Waals surface area contributed by atoms with E-state index < -0.39 is 5.97 Å². The maximum Gasteiger partial charge on any atom is 0.303 e. The summed E-state index contributed by atoms with van der Waals surface area (Å²) in [6, 6.07) is 0. The lowest BCUT2D eigenvalue weighted by Gasteiger charge is -2.03. The fraction of sp³-hybridized carbons (Fsp3) is 0.947. The first-order valence-electron chi connectivity index (χ1n) is 9.57. The predicted octanol–water partition coefficient (Wildman–Crippen LogP) is 6.68. The van der Waals surface area contributed by atoms with Crippen LogP contribution in [0.3, 0.4) is 0 Å². The van der Waals surface area contributed by atoms with Crippen molar-refractivity contribution in [3.8, 4) is 0 Å². The van der Waals surface area contributed by atoms with Crippen LogP contribution in [0.15, 0.2) is 0 Å². The van der Waals surface area contributed by atoms with Gasteiger partial charge in [0.1, 0.15) is 0 Å². The molecule has 132 valence electrons. The van der Waals surface area contributed by atoms with Gasteiger partial charge in [-0.25, -0.2) is 0 Å². The number of aliphatic carboxylic acids is 1. The van der Waals surface area contributed by atoms with E-state index in [9.17, 15) is 4.79 Å². The fourth-order valence-electron chi connectivity index (χ4n) is 2.63. The number of carboxylic acid groups (broad SMARTS) is 1. The molecule has 0 bridgehead atoms. The van der Waals surface area contributed by atoms with E-state index in [2.05, 4.69) is 6.92 Å². The summed E-state index contributed by atoms with van der Waals surface area (Å²) in [5, 5.41) is 8.53. The van der Waals surface area contributed by atoms with Crippen LogP contribution in [0.2, 0.25) is 0 Å². The van der Waals surface area contributed by atoms with E-state index in [4.69, 9.17) is 5.11 Å². The highest BCUT2D eigenvalue weighted by Gasteiger charge is 1.97. The van der Waals surface area contributed by atoms with E-state index in [1.807, 2.05) is 11.8 Å². The average Bonchev–Trinajstić information content (AvgIpc) is 2.50. The van der Waals surface area contributed by atoms with Crippen molar-refractivity contribution in [3.63, 3.8) is 0 Å². The smallest absolute Gasteiger partial charge is 0.303 e. The van der Waals surface area contributed by atoms with Gasteiger partial charge in [-0.3, -0.25) is 4.79 Å². The molecule has 2 nitrogen and oxygen atoms in total. The van der Waals surface area contributed by atoms with Crippen molar-refractivity contribution >= 4 is 17.7 Å². The summed E-state index contributed by atoms with van der Waals surface area (Å²) >= 11 is 1.99. The van der Waals surface area contributed by atoms with Gasteiger partial charge in [0, 0.05) is 6.42 Å². The first kappa shape index (κ1) is 21.8. The van der Waals surface area contributed by atoms with E-state index in [-0.39, 0.29) is 0 Å². The maximum atomic E-state index is 10.4. The summed E-state index contributed by atoms with van der Waals surface area (Å²) in [6.07, 6.45) is 19.1. The van der Waals surface area contributed by atoms with Crippen molar-refractivity contribution in [2.45, 2.75) is 103 Å². The number of hydrogen-bond acceptors (Lipinski definition) is 2. The third kappa shape index (κ3) is 19.8. The average molecular weight is 331 g/mol. The van der Waals surface area contributed by atoms with Gasteiger partial charge < -0.3 is 5.11 Å². The molecule has 0 radical (unpaired) electrons. The van der Waals surface area contributed by atoms with Gasteiger partial charge in [0.15, 0.2) is 0 Å². The minimum atomic E-state index is -0.661. The lowest BCUT2D eigenvalue weighted by molar-refractivity contribution is -0.137. The second-order valence-corrected chi connectivity index (χ2v) is 7.58. The van der Waals surface area contributed by atoms with Crippen LogP contribution in [-0.4, -0.2) is 22.6 Å². The van der Waals surface area contributed by atoms with Gasteiger partial charge in [-0.15, -0.1) is 0 Å². The highest BCUT2D eigenvalue weighted by Crippen LogP contribution is 2.14. The van der Waals surface area contributed by atoms with E-state index in [0.29, 0.717) is 6.42 Å². The lowest BCUT2D eigenvalue weighted by Crippen LogP contribution is -1.94. The van der Waals surface area contributed by atoms with Gasteiger partial charge >= 0.3 is 5.97 Å². The monoisotopic (exact) mass is 330 g/mol. The van der Waals surface area contributed by atoms with Crippen LogP contribution >= 0.6 is 11.8 Å². The minimum Gasteiger partial charge on any atom is -0.481 e. The van der Waals surface area contributed by atoms with Crippen molar-refractivity contribution in [3.05, 3.63) is 0 Å². The lowest BCUT2D eigenvalue weighted by atomic mass is 10.1. The van der Waals surface area contributed by atoms with E-state index >= 15 is 0 Å². The van der Waals surface area contributed by atoms with Crippen LogP contribution in [0, 0.1) is 0 Å². The molecule has 3 heteroatoms. The Hall–Kier alpha value is -0.180. The summed E-state index contributed by atoms with van der Waals surface area (Å²) in [6.45, 7) is 2.28. The van der Waals surface area contributed by atoms with Crippen molar-refractivity contribution < 1.29 is 9.90 Å². The molecule has 0 unspecified atom stereocenters. The third-order valence-electron chi connectivity index (χ3n) is 4.07. The van der Waals surface area contributed by atoms with Crippen molar-refractivity contribution in [2.24, 2.45) is 0 Å². The minimum absolute atomic E-state index is 0.333. The Morgan fingerprint density at radius 1 is 0.682 bits per heavy atom. The van der Waals surface area contributed by atoms with Crippen LogP contribution in [0.4, 0.5) is 0 Å². The van der Waals surface area contributed by atoms with Gasteiger partial charge in [0.05, 0.1) is 0 Å². The van der Waals surface area contributed by atoms with E-state index in [0.717, 1.165) is 18.6 Å². The highest BCUT2D eigenvalue weighted by molar-refractivity contribution is 7.99. The molecular formula is C19H38O2S. The van der Waals surface area contributed by atoms with Gasteiger partial charge in [-0.05, 0) is 30.8 Å². The molecule has 22 heavy (non-hydrogen) atoms. The fourth-order valence-corrected chi connectivity index (χ4v) is 3.65. The molecule has 0 fully saturated rings. The zero-order valence-electron chi connectivity index (χ0n) is 14.8. The topological polar surface area (TPSA) is 37.3 Å². The Balaban J connectivity index is 2.95. The summed E-state index contributed by atoms with van der Waals surface area (Å²) in [5.74, 6) is 1.72. The Labute approximate surface area is 142 Å². The molecule has 0 aromatic carbocycles. The highest BCUT2D eigenvalue weighted by atomic mass is 32.2. The second kappa shape index (κ2) is 18.9. The van der Waals surface area contributed by atoms with E-state index in [1.54, 1.807) is 0 Å². The van der Waals surface area contributed by atoms with Gasteiger partial charge in [0.2, 0.25) is 0 Å². The Morgan fingerprint density at radius 2 is 1.09 bits per heavy atom. The molecule has 0 aliphatic heterocycles. The van der Waals surface area contributed by atoms with Crippen LogP contribution in [0.1, 0.15) is 103 Å². The molecule has 0 amide bonds. The number of unbranched alkanes of at least 4 members (excludes halogenated alkanes) is 12. The van der Waals surface area contributed by atoms with Crippen molar-refractivity contribution in [1.29, 1.82) is 0 Å². The number of carboxylic acids is 1. The first-order valence-corrected chi connectivity index (χ1v) is 10.7. The first-order chi connectivity index (χ1) is 10.8. The standard InChI is InChI=1S/C19H38O2S/c1-2-3-4-5-6-7-8-9-10-11-12-14-17-22-18-15-13-16-19(20)21/h2-18H2,1H3,(H,20,21). The predicted molar refractivity (Wildman–Crippen MR) is 99.9 cm³/mol. The number of thioether (sulfide) groups is 1. The number of carbonyl (C=O) groups is 1. The number of hydrogen-bond donors (Lipinski definition) is 1. The maximum absolute atomic E-state index is 10.4. The molecule has 0 atom stereocenters. The van der Waals surface area contributed by atoms with E-state index in [1.165, 1.54) is 82.8 Å². The zero-order chi connectivity index (χ0) is 16.3. The van der Waals surface area contributed by atoms with Gasteiger partial charge in [0.25, 0.3) is 0 Å². The van der Waals surface area contributed by atoms with Crippen LogP contribution in [0.25, 0.3) is 0 Å². The second-order valence-electron chi connectivity index (χ2n) is 6.35. The van der Waals surface area contributed by atoms with Gasteiger partial charge in [-0.1, -0.05) is 77.6 Å². The Morgan fingerprint density at radius 3 is 1.55 bits per heavy atom. The summed E-state index contributed by atoms with van der Waals surface area (Å²) < 4.78 is 0. The summed E-state index contributed by atoms with van der Waals surface area (Å²) in [7, 11) is 0. The molecule has 0 saturated carbocycles. The Kier molecular flexibility index (Phi) is 18.7. The summed E-state index contributed by atoms with van der Waals surface area (Å²) in [5.41, 5.74) is 0. The molecule has 1 N–H and O–H groups in total. The van der Waals surface area contributed by atoms with Crippen LogP contribution in [-0.2, 0) is 4.79 Å². The molecule has 0 spiro atoms. The van der Waals surface area contributed by atoms with Crippen LogP contribution < -0.4 is 0 Å². The SMILES string of the molecule is CCCCCCCCCCCCCCSCCCCC(=O)O. The molecule has 0 heterocycles. The Bertz CT molecular complexity index is 231. The molecule has 0 aliphatic carbocycles. The molecule has 0 rings (SSSR count). The van der Waals surface area contributed by atoms with Crippen molar-refractivity contribution in [1.82, 2.24) is 0 Å². The van der Waals surface area contributed by atoms with Gasteiger partial charge in [-0.2, -0.15) is 11.8 Å². The van der Waals surface area contributed by atoms with Crippen molar-refractivity contribution in [2.75, 3.05) is 11.5 Å². The number of rotatable bonds is 18.